The van der Waals surface area contributed by atoms with Crippen molar-refractivity contribution in [3.63, 3.8) is 0 Å². The number of aromatic nitrogens is 1. The Kier molecular flexibility index (Phi) is 8.50. The third-order valence-corrected chi connectivity index (χ3v) is 8.89. The predicted octanol–water partition coefficient (Wildman–Crippen LogP) is 7.82. The maximum Gasteiger partial charge on any atom is 0.416 e. The Morgan fingerprint density at radius 3 is 2.28 bits per heavy atom. The van der Waals surface area contributed by atoms with Crippen LogP contribution >= 0.6 is 0 Å². The second kappa shape index (κ2) is 12.5. The van der Waals surface area contributed by atoms with Crippen LogP contribution in [0.1, 0.15) is 53.6 Å². The van der Waals surface area contributed by atoms with Gasteiger partial charge in [0.2, 0.25) is 0 Å². The molecule has 2 aliphatic rings. The number of carbonyl (C=O) groups excluding carboxylic acids is 1. The second-order valence-corrected chi connectivity index (χ2v) is 11.6. The second-order valence-electron chi connectivity index (χ2n) is 11.6. The van der Waals surface area contributed by atoms with Crippen molar-refractivity contribution in [2.45, 2.75) is 50.9 Å². The largest absolute Gasteiger partial charge is 0.465 e. The van der Waals surface area contributed by atoms with E-state index in [0.717, 1.165) is 62.3 Å². The van der Waals surface area contributed by atoms with Crippen LogP contribution in [-0.2, 0) is 17.5 Å². The Balaban J connectivity index is 1.46. The van der Waals surface area contributed by atoms with Crippen LogP contribution in [0, 0.1) is 0 Å². The fourth-order valence-corrected chi connectivity index (χ4v) is 6.63. The van der Waals surface area contributed by atoms with Gasteiger partial charge in [-0.05, 0) is 87.3 Å². The molecule has 224 valence electrons. The van der Waals surface area contributed by atoms with Gasteiger partial charge in [0.05, 0.1) is 29.4 Å². The standard InChI is InChI=1S/C35H36F3N3O2/c1-43-34(42)32-29-22-25(24-9-4-2-5-10-24)13-14-31(29)39-33(26-11-8-12-27(21-26)35(36,37)38)30(32)23-40-19-15-28(16-20-40)41-17-6-3-7-18-41/h2,4-5,8-14,21-22,28H,3,6-7,15-20,23H2,1H3. The van der Waals surface area contributed by atoms with Crippen LogP contribution < -0.4 is 0 Å². The molecule has 0 aliphatic carbocycles. The van der Waals surface area contributed by atoms with Crippen LogP contribution in [0.3, 0.4) is 0 Å². The molecule has 2 fully saturated rings. The van der Waals surface area contributed by atoms with Crippen molar-refractivity contribution in [2.75, 3.05) is 33.3 Å². The molecular formula is C35H36F3N3O2. The molecule has 0 saturated carbocycles. The van der Waals surface area contributed by atoms with Crippen molar-refractivity contribution in [1.82, 2.24) is 14.8 Å². The van der Waals surface area contributed by atoms with Crippen LogP contribution in [0.5, 0.6) is 0 Å². The smallest absolute Gasteiger partial charge is 0.416 e. The van der Waals surface area contributed by atoms with Gasteiger partial charge in [0, 0.05) is 29.1 Å². The van der Waals surface area contributed by atoms with Crippen molar-refractivity contribution in [3.8, 4) is 22.4 Å². The molecule has 8 heteroatoms. The number of carbonyl (C=O) groups is 1. The van der Waals surface area contributed by atoms with Gasteiger partial charge in [0.1, 0.15) is 0 Å². The summed E-state index contributed by atoms with van der Waals surface area (Å²) in [5.74, 6) is -0.524. The van der Waals surface area contributed by atoms with E-state index in [0.29, 0.717) is 45.9 Å². The van der Waals surface area contributed by atoms with Crippen molar-refractivity contribution >= 4 is 16.9 Å². The van der Waals surface area contributed by atoms with Crippen molar-refractivity contribution in [3.05, 3.63) is 89.5 Å². The third kappa shape index (κ3) is 6.31. The van der Waals surface area contributed by atoms with Gasteiger partial charge >= 0.3 is 12.1 Å². The summed E-state index contributed by atoms with van der Waals surface area (Å²) < 4.78 is 46.6. The van der Waals surface area contributed by atoms with E-state index in [2.05, 4.69) is 9.80 Å². The lowest BCUT2D eigenvalue weighted by Crippen LogP contribution is -2.46. The lowest BCUT2D eigenvalue weighted by molar-refractivity contribution is -0.137. The van der Waals surface area contributed by atoms with E-state index in [1.807, 2.05) is 48.5 Å². The number of hydrogen-bond acceptors (Lipinski definition) is 5. The number of benzene rings is 3. The zero-order valence-electron chi connectivity index (χ0n) is 24.4. The van der Waals surface area contributed by atoms with E-state index in [1.54, 1.807) is 6.07 Å². The molecule has 1 aromatic heterocycles. The monoisotopic (exact) mass is 587 g/mol. The Morgan fingerprint density at radius 1 is 0.860 bits per heavy atom. The Morgan fingerprint density at radius 2 is 1.58 bits per heavy atom. The minimum Gasteiger partial charge on any atom is -0.465 e. The predicted molar refractivity (Wildman–Crippen MR) is 163 cm³/mol. The molecule has 0 atom stereocenters. The van der Waals surface area contributed by atoms with E-state index in [9.17, 15) is 18.0 Å². The van der Waals surface area contributed by atoms with Crippen molar-refractivity contribution < 1.29 is 22.7 Å². The van der Waals surface area contributed by atoms with Gasteiger partial charge in [0.15, 0.2) is 0 Å². The summed E-state index contributed by atoms with van der Waals surface area (Å²) in [5.41, 5.74) is 3.34. The highest BCUT2D eigenvalue weighted by Crippen LogP contribution is 2.37. The quantitative estimate of drug-likeness (QED) is 0.215. The molecule has 4 aromatic rings. The molecule has 0 unspecified atom stereocenters. The first-order valence-corrected chi connectivity index (χ1v) is 15.1. The fourth-order valence-electron chi connectivity index (χ4n) is 6.63. The number of fused-ring (bicyclic) bond motifs is 1. The molecule has 0 radical (unpaired) electrons. The maximum atomic E-state index is 13.8. The summed E-state index contributed by atoms with van der Waals surface area (Å²) in [5, 5.41) is 0.627. The normalized spacial score (nSPS) is 17.3. The van der Waals surface area contributed by atoms with E-state index in [-0.39, 0.29) is 0 Å². The van der Waals surface area contributed by atoms with Gasteiger partial charge in [-0.3, -0.25) is 4.90 Å². The number of hydrogen-bond donors (Lipinski definition) is 0. The molecule has 0 bridgehead atoms. The number of likely N-dealkylation sites (tertiary alicyclic amines) is 2. The first kappa shape index (κ1) is 29.3. The average Bonchev–Trinajstić information content (AvgIpc) is 3.04. The number of methoxy groups -OCH3 is 1. The summed E-state index contributed by atoms with van der Waals surface area (Å²) >= 11 is 0. The Hall–Kier alpha value is -3.75. The summed E-state index contributed by atoms with van der Waals surface area (Å²) in [7, 11) is 1.34. The molecule has 6 rings (SSSR count). The molecule has 0 spiro atoms. The SMILES string of the molecule is COC(=O)c1c(CN2CCC(N3CCCCC3)CC2)c(-c2cccc(C(F)(F)F)c2)nc2ccc(-c3ccccc3)cc12. The number of piperidine rings is 2. The lowest BCUT2D eigenvalue weighted by Gasteiger charge is -2.40. The van der Waals surface area contributed by atoms with Gasteiger partial charge in [0.25, 0.3) is 0 Å². The van der Waals surface area contributed by atoms with E-state index >= 15 is 0 Å². The number of halogens is 3. The van der Waals surface area contributed by atoms with Crippen molar-refractivity contribution in [1.29, 1.82) is 0 Å². The zero-order valence-corrected chi connectivity index (χ0v) is 24.4. The summed E-state index contributed by atoms with van der Waals surface area (Å²) in [6.45, 7) is 4.36. The van der Waals surface area contributed by atoms with Gasteiger partial charge < -0.3 is 9.64 Å². The first-order valence-electron chi connectivity index (χ1n) is 15.1. The van der Waals surface area contributed by atoms with Gasteiger partial charge in [-0.25, -0.2) is 9.78 Å². The van der Waals surface area contributed by atoms with Gasteiger partial charge in [-0.2, -0.15) is 13.2 Å². The van der Waals surface area contributed by atoms with Crippen molar-refractivity contribution in [2.24, 2.45) is 0 Å². The summed E-state index contributed by atoms with van der Waals surface area (Å²) in [6, 6.07) is 21.3. The minimum absolute atomic E-state index is 0.326. The maximum absolute atomic E-state index is 13.8. The lowest BCUT2D eigenvalue weighted by atomic mass is 9.92. The van der Waals surface area contributed by atoms with E-state index in [1.165, 1.54) is 32.4 Å². The molecular weight excluding hydrogens is 551 g/mol. The molecule has 5 nitrogen and oxygen atoms in total. The summed E-state index contributed by atoms with van der Waals surface area (Å²) in [6.07, 6.45) is 1.33. The van der Waals surface area contributed by atoms with Gasteiger partial charge in [-0.15, -0.1) is 0 Å². The molecule has 43 heavy (non-hydrogen) atoms. The Labute approximate surface area is 250 Å². The average molecular weight is 588 g/mol. The number of pyridine rings is 1. The topological polar surface area (TPSA) is 45.7 Å². The highest BCUT2D eigenvalue weighted by atomic mass is 19.4. The van der Waals surface area contributed by atoms with Crippen LogP contribution in [0.4, 0.5) is 13.2 Å². The van der Waals surface area contributed by atoms with Crippen LogP contribution in [0.25, 0.3) is 33.3 Å². The molecule has 2 saturated heterocycles. The fraction of sp³-hybridized carbons (Fsp3) is 0.371. The minimum atomic E-state index is -4.50. The molecule has 3 aromatic carbocycles. The van der Waals surface area contributed by atoms with Crippen LogP contribution in [-0.4, -0.2) is 60.1 Å². The molecule has 0 N–H and O–H groups in total. The van der Waals surface area contributed by atoms with Gasteiger partial charge in [-0.1, -0.05) is 55.0 Å². The number of rotatable bonds is 6. The third-order valence-electron chi connectivity index (χ3n) is 8.89. The molecule has 3 heterocycles. The number of alkyl halides is 3. The highest BCUT2D eigenvalue weighted by Gasteiger charge is 2.32. The number of nitrogens with zero attached hydrogens (tertiary/aromatic N) is 3. The molecule has 0 amide bonds. The molecule has 2 aliphatic heterocycles. The number of ether oxygens (including phenoxy) is 1. The van der Waals surface area contributed by atoms with E-state index < -0.39 is 17.7 Å². The van der Waals surface area contributed by atoms with Crippen LogP contribution in [0.15, 0.2) is 72.8 Å². The number of esters is 1. The summed E-state index contributed by atoms with van der Waals surface area (Å²) in [4.78, 5) is 23.4. The first-order chi connectivity index (χ1) is 20.8. The van der Waals surface area contributed by atoms with E-state index in [4.69, 9.17) is 9.72 Å². The zero-order chi connectivity index (χ0) is 30.0. The highest BCUT2D eigenvalue weighted by molar-refractivity contribution is 6.07. The Bertz CT molecular complexity index is 1590. The van der Waals surface area contributed by atoms with Crippen LogP contribution in [0.2, 0.25) is 0 Å².